The molecule has 168 valence electrons. The minimum Gasteiger partial charge on any atom is -0.493 e. The molecule has 0 aromatic heterocycles. The molecule has 0 bridgehead atoms. The lowest BCUT2D eigenvalue weighted by Gasteiger charge is -2.19. The molecule has 5 nitrogen and oxygen atoms in total. The Balaban J connectivity index is 1.94. The van der Waals surface area contributed by atoms with Gasteiger partial charge in [0.2, 0.25) is 0 Å². The van der Waals surface area contributed by atoms with E-state index in [1.165, 1.54) is 18.1 Å². The fraction of sp³-hybridized carbons (Fsp3) is 0.280. The fourth-order valence-electron chi connectivity index (χ4n) is 3.35. The number of benzene rings is 2. The molecule has 7 heteroatoms. The summed E-state index contributed by atoms with van der Waals surface area (Å²) in [6, 6.07) is 9.86. The zero-order chi connectivity index (χ0) is 23.3. The second kappa shape index (κ2) is 10.5. The van der Waals surface area contributed by atoms with Crippen molar-refractivity contribution in [3.05, 3.63) is 76.5 Å². The Morgan fingerprint density at radius 2 is 1.97 bits per heavy atom. The van der Waals surface area contributed by atoms with Gasteiger partial charge in [-0.05, 0) is 61.4 Å². The van der Waals surface area contributed by atoms with Crippen LogP contribution >= 0.6 is 11.8 Å². The van der Waals surface area contributed by atoms with Crippen molar-refractivity contribution < 1.29 is 23.5 Å². The van der Waals surface area contributed by atoms with Crippen molar-refractivity contribution in [2.45, 2.75) is 39.3 Å². The summed E-state index contributed by atoms with van der Waals surface area (Å²) in [6.07, 6.45) is 4.59. The van der Waals surface area contributed by atoms with Crippen molar-refractivity contribution in [2.75, 3.05) is 7.11 Å². The molecule has 1 saturated heterocycles. The number of hydrogen-bond acceptors (Lipinski definition) is 5. The molecule has 2 aromatic rings. The number of thioether (sulfide) groups is 1. The molecule has 0 saturated carbocycles. The molecular formula is C25H26FNO4S. The molecule has 1 aliphatic rings. The van der Waals surface area contributed by atoms with Crippen molar-refractivity contribution in [2.24, 2.45) is 0 Å². The Morgan fingerprint density at radius 3 is 2.62 bits per heavy atom. The number of halogens is 1. The predicted molar refractivity (Wildman–Crippen MR) is 125 cm³/mol. The number of carbonyl (C=O) groups is 2. The summed E-state index contributed by atoms with van der Waals surface area (Å²) in [5.41, 5.74) is 1.91. The van der Waals surface area contributed by atoms with Gasteiger partial charge in [0.1, 0.15) is 12.4 Å². The number of rotatable bonds is 9. The molecule has 1 heterocycles. The van der Waals surface area contributed by atoms with E-state index in [2.05, 4.69) is 6.58 Å². The predicted octanol–water partition coefficient (Wildman–Crippen LogP) is 5.98. The molecule has 2 aromatic carbocycles. The average molecular weight is 456 g/mol. The van der Waals surface area contributed by atoms with Gasteiger partial charge in [-0.1, -0.05) is 31.2 Å². The van der Waals surface area contributed by atoms with Gasteiger partial charge in [-0.25, -0.2) is 4.39 Å². The lowest BCUT2D eigenvalue weighted by atomic mass is 10.0. The van der Waals surface area contributed by atoms with Crippen molar-refractivity contribution >= 4 is 29.0 Å². The van der Waals surface area contributed by atoms with Crippen molar-refractivity contribution in [3.63, 3.8) is 0 Å². The van der Waals surface area contributed by atoms with E-state index in [9.17, 15) is 14.0 Å². The Morgan fingerprint density at radius 1 is 1.22 bits per heavy atom. The summed E-state index contributed by atoms with van der Waals surface area (Å²) in [4.78, 5) is 26.7. The first-order valence-electron chi connectivity index (χ1n) is 10.3. The standard InChI is InChI=1S/C25H26FNO4S/c1-5-9-18-12-17(14-22-24(28)27(16(3)6-2)25(29)32-22)13-21(30-4)23(18)31-15-19-10-7-8-11-20(19)26/h5,7-8,10-14,16H,1,6,9,15H2,2-4H3/b22-14+/t16-/m1/s1. The van der Waals surface area contributed by atoms with E-state index < -0.39 is 0 Å². The minimum absolute atomic E-state index is 0.0420. The van der Waals surface area contributed by atoms with Gasteiger partial charge in [-0.3, -0.25) is 14.5 Å². The number of imide groups is 1. The molecule has 0 aliphatic carbocycles. The summed E-state index contributed by atoms with van der Waals surface area (Å²) in [6.45, 7) is 7.63. The summed E-state index contributed by atoms with van der Waals surface area (Å²) < 4.78 is 25.5. The first-order valence-corrected chi connectivity index (χ1v) is 11.2. The number of hydrogen-bond donors (Lipinski definition) is 0. The molecule has 2 amide bonds. The maximum Gasteiger partial charge on any atom is 0.293 e. The topological polar surface area (TPSA) is 55.8 Å². The summed E-state index contributed by atoms with van der Waals surface area (Å²) in [5, 5.41) is -0.265. The van der Waals surface area contributed by atoms with E-state index in [1.54, 1.807) is 36.4 Å². The second-order valence-electron chi connectivity index (χ2n) is 7.39. The van der Waals surface area contributed by atoms with Gasteiger partial charge < -0.3 is 9.47 Å². The van der Waals surface area contributed by atoms with Gasteiger partial charge in [0.25, 0.3) is 11.1 Å². The second-order valence-corrected chi connectivity index (χ2v) is 8.39. The molecule has 32 heavy (non-hydrogen) atoms. The van der Waals surface area contributed by atoms with Crippen LogP contribution in [0.1, 0.15) is 37.0 Å². The van der Waals surface area contributed by atoms with Crippen LogP contribution in [0, 0.1) is 5.82 Å². The van der Waals surface area contributed by atoms with Gasteiger partial charge in [0.15, 0.2) is 11.5 Å². The summed E-state index contributed by atoms with van der Waals surface area (Å²) in [7, 11) is 1.52. The quantitative estimate of drug-likeness (QED) is 0.344. The highest BCUT2D eigenvalue weighted by Gasteiger charge is 2.37. The maximum atomic E-state index is 14.0. The van der Waals surface area contributed by atoms with E-state index in [1.807, 2.05) is 19.9 Å². The Kier molecular flexibility index (Phi) is 7.75. The minimum atomic E-state index is -0.342. The van der Waals surface area contributed by atoms with E-state index in [4.69, 9.17) is 9.47 Å². The number of nitrogens with zero attached hydrogens (tertiary/aromatic N) is 1. The highest BCUT2D eigenvalue weighted by molar-refractivity contribution is 8.18. The number of allylic oxidation sites excluding steroid dienone is 1. The van der Waals surface area contributed by atoms with E-state index >= 15 is 0 Å². The SMILES string of the molecule is C=CCc1cc(/C=C2/SC(=O)N([C@H](C)CC)C2=O)cc(OC)c1OCc1ccccc1F. The van der Waals surface area contributed by atoms with Crippen LogP contribution in [-0.4, -0.2) is 29.2 Å². The highest BCUT2D eigenvalue weighted by atomic mass is 32.2. The van der Waals surface area contributed by atoms with Crippen molar-refractivity contribution in [1.29, 1.82) is 0 Å². The molecule has 1 fully saturated rings. The normalized spacial score (nSPS) is 15.9. The third kappa shape index (κ3) is 5.05. The summed E-state index contributed by atoms with van der Waals surface area (Å²) >= 11 is 0.931. The largest absolute Gasteiger partial charge is 0.493 e. The van der Waals surface area contributed by atoms with E-state index in [-0.39, 0.29) is 29.6 Å². The third-order valence-corrected chi connectivity index (χ3v) is 6.10. The maximum absolute atomic E-state index is 14.0. The highest BCUT2D eigenvalue weighted by Crippen LogP contribution is 2.38. The molecule has 3 rings (SSSR count). The number of ether oxygens (including phenoxy) is 2. The molecule has 0 radical (unpaired) electrons. The third-order valence-electron chi connectivity index (χ3n) is 5.22. The van der Waals surface area contributed by atoms with Crippen LogP contribution in [0.15, 0.2) is 54.0 Å². The first-order chi connectivity index (χ1) is 15.4. The van der Waals surface area contributed by atoms with Crippen molar-refractivity contribution in [3.8, 4) is 11.5 Å². The summed E-state index contributed by atoms with van der Waals surface area (Å²) in [5.74, 6) is 0.303. The smallest absolute Gasteiger partial charge is 0.293 e. The molecule has 0 unspecified atom stereocenters. The van der Waals surface area contributed by atoms with Crippen LogP contribution in [0.5, 0.6) is 11.5 Å². The molecule has 0 spiro atoms. The molecule has 1 aliphatic heterocycles. The lowest BCUT2D eigenvalue weighted by Crippen LogP contribution is -2.36. The lowest BCUT2D eigenvalue weighted by molar-refractivity contribution is -0.124. The fourth-order valence-corrected chi connectivity index (χ4v) is 4.28. The van der Waals surface area contributed by atoms with Crippen LogP contribution < -0.4 is 9.47 Å². The Labute approximate surface area is 191 Å². The zero-order valence-electron chi connectivity index (χ0n) is 18.4. The molecular weight excluding hydrogens is 429 g/mol. The van der Waals surface area contributed by atoms with Crippen LogP contribution in [0.3, 0.4) is 0 Å². The number of amides is 2. The molecule has 1 atom stereocenters. The van der Waals surface area contributed by atoms with Gasteiger partial charge in [0, 0.05) is 17.2 Å². The van der Waals surface area contributed by atoms with Gasteiger partial charge >= 0.3 is 0 Å². The van der Waals surface area contributed by atoms with Gasteiger partial charge in [0.05, 0.1) is 12.0 Å². The number of carbonyl (C=O) groups excluding carboxylic acids is 2. The van der Waals surface area contributed by atoms with Crippen LogP contribution in [-0.2, 0) is 17.8 Å². The monoisotopic (exact) mass is 455 g/mol. The van der Waals surface area contributed by atoms with E-state index in [0.29, 0.717) is 40.4 Å². The Hall–Kier alpha value is -3.06. The molecule has 0 N–H and O–H groups in total. The van der Waals surface area contributed by atoms with Crippen molar-refractivity contribution in [1.82, 2.24) is 4.90 Å². The van der Waals surface area contributed by atoms with E-state index in [0.717, 1.165) is 17.3 Å². The average Bonchev–Trinajstić information content (AvgIpc) is 3.06. The van der Waals surface area contributed by atoms with Crippen LogP contribution in [0.2, 0.25) is 0 Å². The van der Waals surface area contributed by atoms with Gasteiger partial charge in [-0.15, -0.1) is 6.58 Å². The Bertz CT molecular complexity index is 1070. The zero-order valence-corrected chi connectivity index (χ0v) is 19.2. The van der Waals surface area contributed by atoms with Gasteiger partial charge in [-0.2, -0.15) is 0 Å². The van der Waals surface area contributed by atoms with Crippen LogP contribution in [0.4, 0.5) is 9.18 Å². The van der Waals surface area contributed by atoms with Crippen LogP contribution in [0.25, 0.3) is 6.08 Å². The number of methoxy groups -OCH3 is 1. The first kappa shape index (κ1) is 23.6.